The summed E-state index contributed by atoms with van der Waals surface area (Å²) >= 11 is 0.317. The van der Waals surface area contributed by atoms with Gasteiger partial charge in [0.25, 0.3) is 0 Å². The van der Waals surface area contributed by atoms with E-state index in [1.54, 1.807) is 0 Å². The molecule has 0 aliphatic heterocycles. The quantitative estimate of drug-likeness (QED) is 0.176. The summed E-state index contributed by atoms with van der Waals surface area (Å²) in [5.41, 5.74) is 8.61. The van der Waals surface area contributed by atoms with E-state index in [1.165, 1.54) is 41.1 Å². The number of para-hydroxylation sites is 3. The monoisotopic (exact) mass is 654 g/mol. The molecular formula is C42H26N2OSe. The Labute approximate surface area is 270 Å². The average molecular weight is 654 g/mol. The van der Waals surface area contributed by atoms with Gasteiger partial charge in [0, 0.05) is 0 Å². The molecule has 46 heavy (non-hydrogen) atoms. The van der Waals surface area contributed by atoms with Crippen molar-refractivity contribution in [2.24, 2.45) is 0 Å². The number of anilines is 3. The van der Waals surface area contributed by atoms with Gasteiger partial charge in [-0.05, 0) is 0 Å². The maximum atomic E-state index is 6.39. The normalized spacial score (nSPS) is 11.9. The Balaban J connectivity index is 1.25. The van der Waals surface area contributed by atoms with Gasteiger partial charge in [-0.3, -0.25) is 0 Å². The molecule has 0 saturated heterocycles. The Morgan fingerprint density at radius 2 is 1.02 bits per heavy atom. The van der Waals surface area contributed by atoms with Crippen LogP contribution in [0.1, 0.15) is 0 Å². The third-order valence-electron chi connectivity index (χ3n) is 9.17. The Kier molecular flexibility index (Phi) is 5.59. The molecule has 3 nitrogen and oxygen atoms in total. The molecule has 0 radical (unpaired) electrons. The molecule has 0 N–H and O–H groups in total. The number of fused-ring (bicyclic) bond motifs is 9. The van der Waals surface area contributed by atoms with Crippen molar-refractivity contribution in [1.29, 1.82) is 0 Å². The van der Waals surface area contributed by atoms with Gasteiger partial charge in [-0.25, -0.2) is 0 Å². The van der Waals surface area contributed by atoms with Crippen LogP contribution in [0.4, 0.5) is 17.1 Å². The molecular weight excluding hydrogens is 627 g/mol. The Hall–Kier alpha value is -5.54. The maximum absolute atomic E-state index is 6.39. The molecule has 10 rings (SSSR count). The van der Waals surface area contributed by atoms with E-state index in [9.17, 15) is 0 Å². The van der Waals surface area contributed by atoms with Crippen molar-refractivity contribution in [1.82, 2.24) is 4.57 Å². The first-order valence-electron chi connectivity index (χ1n) is 15.5. The van der Waals surface area contributed by atoms with Gasteiger partial charge < -0.3 is 0 Å². The van der Waals surface area contributed by atoms with E-state index in [0.717, 1.165) is 44.7 Å². The summed E-state index contributed by atoms with van der Waals surface area (Å²) in [6.45, 7) is 0. The summed E-state index contributed by atoms with van der Waals surface area (Å²) in [6.07, 6.45) is 0. The van der Waals surface area contributed by atoms with Crippen molar-refractivity contribution in [3.05, 3.63) is 158 Å². The van der Waals surface area contributed by atoms with Gasteiger partial charge in [0.1, 0.15) is 0 Å². The number of benzene rings is 7. The number of aromatic nitrogens is 1. The fraction of sp³-hybridized carbons (Fsp3) is 0. The van der Waals surface area contributed by atoms with E-state index in [1.807, 2.05) is 12.1 Å². The van der Waals surface area contributed by atoms with Crippen LogP contribution in [0, 0.1) is 0 Å². The fourth-order valence-corrected chi connectivity index (χ4v) is 9.39. The number of hydrogen-bond acceptors (Lipinski definition) is 2. The van der Waals surface area contributed by atoms with Crippen molar-refractivity contribution >= 4 is 94.6 Å². The number of rotatable bonds is 4. The molecule has 0 amide bonds. The van der Waals surface area contributed by atoms with Gasteiger partial charge in [0.2, 0.25) is 0 Å². The molecule has 3 heterocycles. The molecule has 0 atom stereocenters. The van der Waals surface area contributed by atoms with Gasteiger partial charge in [0.05, 0.1) is 0 Å². The van der Waals surface area contributed by atoms with Crippen LogP contribution in [0.5, 0.6) is 0 Å². The molecule has 0 aliphatic carbocycles. The van der Waals surface area contributed by atoms with Crippen molar-refractivity contribution in [2.75, 3.05) is 4.90 Å². The van der Waals surface area contributed by atoms with Crippen LogP contribution in [0.3, 0.4) is 0 Å². The van der Waals surface area contributed by atoms with Crippen LogP contribution >= 0.6 is 0 Å². The summed E-state index contributed by atoms with van der Waals surface area (Å²) in [5.74, 6) is 0. The second-order valence-corrected chi connectivity index (χ2v) is 14.1. The number of nitrogens with zero attached hydrogens (tertiary/aromatic N) is 2. The predicted octanol–water partition coefficient (Wildman–Crippen LogP) is 11.5. The van der Waals surface area contributed by atoms with Gasteiger partial charge in [-0.2, -0.15) is 0 Å². The van der Waals surface area contributed by atoms with E-state index in [2.05, 4.69) is 155 Å². The molecule has 7 aromatic carbocycles. The van der Waals surface area contributed by atoms with Crippen molar-refractivity contribution in [3.8, 4) is 5.69 Å². The molecule has 10 aromatic rings. The zero-order chi connectivity index (χ0) is 30.2. The van der Waals surface area contributed by atoms with Crippen LogP contribution in [-0.4, -0.2) is 19.1 Å². The van der Waals surface area contributed by atoms with Gasteiger partial charge in [-0.1, -0.05) is 6.07 Å². The zero-order valence-corrected chi connectivity index (χ0v) is 26.4. The molecule has 0 bridgehead atoms. The average Bonchev–Trinajstić information content (AvgIpc) is 3.77. The molecule has 0 fully saturated rings. The molecule has 0 saturated carbocycles. The van der Waals surface area contributed by atoms with Gasteiger partial charge in [-0.15, -0.1) is 0 Å². The molecule has 0 unspecified atom stereocenters. The molecule has 0 aliphatic rings. The Bertz CT molecular complexity index is 2770. The summed E-state index contributed by atoms with van der Waals surface area (Å²) in [4.78, 5) is 2.38. The summed E-state index contributed by atoms with van der Waals surface area (Å²) in [6, 6.07) is 57.0. The number of furan rings is 1. The van der Waals surface area contributed by atoms with Crippen LogP contribution in [0.25, 0.3) is 68.7 Å². The second kappa shape index (κ2) is 9.98. The van der Waals surface area contributed by atoms with Gasteiger partial charge in [0.15, 0.2) is 0 Å². The Morgan fingerprint density at radius 3 is 1.91 bits per heavy atom. The van der Waals surface area contributed by atoms with Gasteiger partial charge >= 0.3 is 266 Å². The van der Waals surface area contributed by atoms with Crippen LogP contribution in [0.2, 0.25) is 0 Å². The van der Waals surface area contributed by atoms with E-state index in [4.69, 9.17) is 4.42 Å². The molecule has 0 spiro atoms. The van der Waals surface area contributed by atoms with Crippen LogP contribution in [-0.2, 0) is 0 Å². The topological polar surface area (TPSA) is 21.3 Å². The predicted molar refractivity (Wildman–Crippen MR) is 195 cm³/mol. The fourth-order valence-electron chi connectivity index (χ4n) is 7.11. The first kappa shape index (κ1) is 25.8. The summed E-state index contributed by atoms with van der Waals surface area (Å²) in [7, 11) is 0. The Morgan fingerprint density at radius 1 is 0.413 bits per heavy atom. The number of hydrogen-bond donors (Lipinski definition) is 0. The zero-order valence-electron chi connectivity index (χ0n) is 24.7. The molecule has 216 valence electrons. The van der Waals surface area contributed by atoms with Crippen LogP contribution < -0.4 is 4.90 Å². The summed E-state index contributed by atoms with van der Waals surface area (Å²) < 4.78 is 11.7. The minimum atomic E-state index is 0.317. The van der Waals surface area contributed by atoms with E-state index in [-0.39, 0.29) is 0 Å². The van der Waals surface area contributed by atoms with Crippen molar-refractivity contribution in [3.63, 3.8) is 0 Å². The molecule has 4 heteroatoms. The summed E-state index contributed by atoms with van der Waals surface area (Å²) in [5, 5.41) is 7.44. The van der Waals surface area contributed by atoms with Crippen LogP contribution in [0.15, 0.2) is 162 Å². The first-order valence-corrected chi connectivity index (χ1v) is 17.2. The second-order valence-electron chi connectivity index (χ2n) is 11.8. The SMILES string of the molecule is c1ccc(-n2c3ccccc3c3ccc(N(c4ccc5c(c4)oc4ccccc45)c4ccc5[se]c6ccccc6c5c4)cc32)cc1. The van der Waals surface area contributed by atoms with Crippen molar-refractivity contribution < 1.29 is 4.42 Å². The third kappa shape index (κ3) is 3.85. The molecule has 3 aromatic heterocycles. The standard InChI is InChI=1S/C42H26N2OSe/c1-2-10-27(11-3-1)44-37-15-7-4-12-31(37)32-21-18-29(25-38(32)44)43(28-20-23-42-36(24-28)35-14-6-9-17-41(35)46-42)30-19-22-34-33-13-5-8-16-39(33)45-40(34)26-30/h1-26H. The van der Waals surface area contributed by atoms with E-state index >= 15 is 0 Å². The van der Waals surface area contributed by atoms with E-state index in [0.29, 0.717) is 14.5 Å². The minimum absolute atomic E-state index is 0.317. The third-order valence-corrected chi connectivity index (χ3v) is 11.6. The first-order chi connectivity index (χ1) is 22.8. The van der Waals surface area contributed by atoms with E-state index < -0.39 is 0 Å². The van der Waals surface area contributed by atoms with Crippen molar-refractivity contribution in [2.45, 2.75) is 0 Å².